The lowest BCUT2D eigenvalue weighted by molar-refractivity contribution is -0.124. The Morgan fingerprint density at radius 3 is 2.70 bits per heavy atom. The van der Waals surface area contributed by atoms with Gasteiger partial charge in [-0.05, 0) is 30.5 Å². The van der Waals surface area contributed by atoms with Crippen LogP contribution in [0.1, 0.15) is 18.4 Å². The summed E-state index contributed by atoms with van der Waals surface area (Å²) in [7, 11) is -3.61. The van der Waals surface area contributed by atoms with Gasteiger partial charge < -0.3 is 5.32 Å². The lowest BCUT2D eigenvalue weighted by Crippen LogP contribution is -2.50. The van der Waals surface area contributed by atoms with E-state index in [0.717, 1.165) is 6.42 Å². The van der Waals surface area contributed by atoms with Crippen molar-refractivity contribution in [3.8, 4) is 0 Å². The van der Waals surface area contributed by atoms with Crippen molar-refractivity contribution in [1.29, 1.82) is 0 Å². The average Bonchev–Trinajstić information content (AvgIpc) is 2.36. The predicted molar refractivity (Wildman–Crippen MR) is 78.3 cm³/mol. The Labute approximate surface area is 127 Å². The summed E-state index contributed by atoms with van der Waals surface area (Å²) in [6.45, 7) is 0.587. The largest absolute Gasteiger partial charge is 0.355 e. The third kappa shape index (κ3) is 4.09. The van der Waals surface area contributed by atoms with Crippen LogP contribution in [0.4, 0.5) is 0 Å². The Balaban J connectivity index is 2.06. The van der Waals surface area contributed by atoms with Crippen LogP contribution in [0.5, 0.6) is 0 Å². The minimum Gasteiger partial charge on any atom is -0.355 e. The lowest BCUT2D eigenvalue weighted by Gasteiger charge is -2.22. The van der Waals surface area contributed by atoms with Crippen LogP contribution in [0, 0.1) is 0 Å². The first kappa shape index (κ1) is 15.6. The summed E-state index contributed by atoms with van der Waals surface area (Å²) in [6.07, 6.45) is 1.26. The number of hydrogen-bond acceptors (Lipinski definition) is 3. The van der Waals surface area contributed by atoms with E-state index >= 15 is 0 Å². The summed E-state index contributed by atoms with van der Waals surface area (Å²) in [5, 5.41) is 3.30. The van der Waals surface area contributed by atoms with Gasteiger partial charge in [0.1, 0.15) is 6.04 Å². The first-order chi connectivity index (χ1) is 9.37. The highest BCUT2D eigenvalue weighted by Gasteiger charge is 2.26. The van der Waals surface area contributed by atoms with Gasteiger partial charge in [0.05, 0.1) is 15.8 Å². The zero-order valence-electron chi connectivity index (χ0n) is 10.5. The highest BCUT2D eigenvalue weighted by molar-refractivity contribution is 7.88. The maximum Gasteiger partial charge on any atom is 0.238 e. The van der Waals surface area contributed by atoms with Crippen molar-refractivity contribution in [2.45, 2.75) is 24.6 Å². The number of benzene rings is 1. The lowest BCUT2D eigenvalue weighted by atomic mass is 10.1. The summed E-state index contributed by atoms with van der Waals surface area (Å²) >= 11 is 11.6. The first-order valence-electron chi connectivity index (χ1n) is 6.09. The van der Waals surface area contributed by atoms with Gasteiger partial charge in [-0.25, -0.2) is 13.1 Å². The molecule has 1 heterocycles. The molecule has 0 aliphatic carbocycles. The number of halogens is 2. The highest BCUT2D eigenvalue weighted by Crippen LogP contribution is 2.23. The molecular weight excluding hydrogens is 323 g/mol. The third-order valence-electron chi connectivity index (χ3n) is 2.95. The molecule has 1 aliphatic heterocycles. The maximum absolute atomic E-state index is 12.0. The van der Waals surface area contributed by atoms with Crippen LogP contribution in [-0.4, -0.2) is 26.9 Å². The van der Waals surface area contributed by atoms with Crippen LogP contribution >= 0.6 is 23.2 Å². The van der Waals surface area contributed by atoms with E-state index in [1.807, 2.05) is 0 Å². The molecule has 1 saturated heterocycles. The summed E-state index contributed by atoms with van der Waals surface area (Å²) in [6, 6.07) is 3.94. The van der Waals surface area contributed by atoms with Crippen LogP contribution in [0.15, 0.2) is 18.2 Å². The number of carbonyl (C=O) groups excluding carboxylic acids is 1. The molecule has 0 spiro atoms. The second-order valence-corrected chi connectivity index (χ2v) is 7.18. The second-order valence-electron chi connectivity index (χ2n) is 4.61. The fourth-order valence-corrected chi connectivity index (χ4v) is 3.67. The Bertz CT molecular complexity index is 619. The van der Waals surface area contributed by atoms with E-state index in [1.54, 1.807) is 12.1 Å². The van der Waals surface area contributed by atoms with E-state index < -0.39 is 16.1 Å². The molecule has 0 unspecified atom stereocenters. The summed E-state index contributed by atoms with van der Waals surface area (Å²) in [5.74, 6) is -0.526. The minimum atomic E-state index is -3.61. The van der Waals surface area contributed by atoms with E-state index in [-0.39, 0.29) is 11.7 Å². The molecule has 110 valence electrons. The van der Waals surface area contributed by atoms with Gasteiger partial charge in [-0.2, -0.15) is 0 Å². The van der Waals surface area contributed by atoms with Crippen LogP contribution in [-0.2, 0) is 20.6 Å². The van der Waals surface area contributed by atoms with E-state index in [9.17, 15) is 13.2 Å². The molecule has 1 aliphatic rings. The molecule has 2 rings (SSSR count). The Morgan fingerprint density at radius 1 is 1.30 bits per heavy atom. The Kier molecular flexibility index (Phi) is 4.90. The number of amides is 1. The number of nitrogens with one attached hydrogen (secondary N) is 2. The summed E-state index contributed by atoms with van der Waals surface area (Å²) in [5.41, 5.74) is 0.517. The smallest absolute Gasteiger partial charge is 0.238 e. The van der Waals surface area contributed by atoms with Crippen molar-refractivity contribution in [1.82, 2.24) is 10.0 Å². The van der Waals surface area contributed by atoms with Gasteiger partial charge >= 0.3 is 0 Å². The van der Waals surface area contributed by atoms with Gasteiger partial charge in [-0.3, -0.25) is 4.79 Å². The molecule has 20 heavy (non-hydrogen) atoms. The molecule has 1 aromatic carbocycles. The van der Waals surface area contributed by atoms with Crippen molar-refractivity contribution >= 4 is 39.1 Å². The number of piperidine rings is 1. The van der Waals surface area contributed by atoms with Gasteiger partial charge in [0.2, 0.25) is 15.9 Å². The predicted octanol–water partition coefficient (Wildman–Crippen LogP) is 1.69. The van der Waals surface area contributed by atoms with Gasteiger partial charge in [0, 0.05) is 6.54 Å². The molecule has 1 amide bonds. The molecule has 2 N–H and O–H groups in total. The molecule has 1 aromatic rings. The molecule has 1 atom stereocenters. The van der Waals surface area contributed by atoms with Gasteiger partial charge in [-0.1, -0.05) is 29.3 Å². The number of hydrogen-bond donors (Lipinski definition) is 2. The minimum absolute atomic E-state index is 0.242. The van der Waals surface area contributed by atoms with Crippen LogP contribution in [0.25, 0.3) is 0 Å². The summed E-state index contributed by atoms with van der Waals surface area (Å²) < 4.78 is 26.5. The number of carbonyl (C=O) groups is 1. The van der Waals surface area contributed by atoms with Crippen molar-refractivity contribution in [3.05, 3.63) is 33.8 Å². The van der Waals surface area contributed by atoms with Gasteiger partial charge in [0.25, 0.3) is 0 Å². The monoisotopic (exact) mass is 336 g/mol. The maximum atomic E-state index is 12.0. The summed E-state index contributed by atoms with van der Waals surface area (Å²) in [4.78, 5) is 11.5. The molecule has 0 bridgehead atoms. The average molecular weight is 337 g/mol. The Morgan fingerprint density at radius 2 is 2.05 bits per heavy atom. The zero-order valence-corrected chi connectivity index (χ0v) is 12.9. The van der Waals surface area contributed by atoms with Crippen LogP contribution in [0.2, 0.25) is 10.0 Å². The Hall–Kier alpha value is -0.820. The highest BCUT2D eigenvalue weighted by atomic mass is 35.5. The number of sulfonamides is 1. The fourth-order valence-electron chi connectivity index (χ4n) is 1.99. The molecular formula is C12H14Cl2N2O3S. The topological polar surface area (TPSA) is 75.3 Å². The van der Waals surface area contributed by atoms with Crippen molar-refractivity contribution in [2.75, 3.05) is 6.54 Å². The molecule has 0 aromatic heterocycles. The SMILES string of the molecule is O=C1NCCC[C@@H]1NS(=O)(=O)Cc1ccc(Cl)c(Cl)c1. The quantitative estimate of drug-likeness (QED) is 0.878. The standard InChI is InChI=1S/C12H14Cl2N2O3S/c13-9-4-3-8(6-10(9)14)7-20(18,19)16-11-2-1-5-15-12(11)17/h3-4,6,11,16H,1-2,5,7H2,(H,15,17)/t11-/m0/s1. The van der Waals surface area contributed by atoms with Crippen molar-refractivity contribution < 1.29 is 13.2 Å². The van der Waals surface area contributed by atoms with E-state index in [1.165, 1.54) is 6.07 Å². The van der Waals surface area contributed by atoms with Gasteiger partial charge in [0.15, 0.2) is 0 Å². The molecule has 1 fully saturated rings. The van der Waals surface area contributed by atoms with Crippen molar-refractivity contribution in [3.63, 3.8) is 0 Å². The number of rotatable bonds is 4. The van der Waals surface area contributed by atoms with Crippen molar-refractivity contribution in [2.24, 2.45) is 0 Å². The molecule has 5 nitrogen and oxygen atoms in total. The second kappa shape index (κ2) is 6.30. The van der Waals surface area contributed by atoms with E-state index in [0.29, 0.717) is 28.6 Å². The first-order valence-corrected chi connectivity index (χ1v) is 8.50. The third-order valence-corrected chi connectivity index (χ3v) is 5.04. The normalized spacial score (nSPS) is 19.7. The van der Waals surface area contributed by atoms with Gasteiger partial charge in [-0.15, -0.1) is 0 Å². The van der Waals surface area contributed by atoms with Crippen LogP contribution < -0.4 is 10.0 Å². The van der Waals surface area contributed by atoms with Crippen LogP contribution in [0.3, 0.4) is 0 Å². The van der Waals surface area contributed by atoms with E-state index in [4.69, 9.17) is 23.2 Å². The zero-order chi connectivity index (χ0) is 14.8. The molecule has 0 radical (unpaired) electrons. The fraction of sp³-hybridized carbons (Fsp3) is 0.417. The van der Waals surface area contributed by atoms with E-state index in [2.05, 4.69) is 10.0 Å². The molecule has 8 heteroatoms. The molecule has 0 saturated carbocycles.